The quantitative estimate of drug-likeness (QED) is 0.574. The lowest BCUT2D eigenvalue weighted by Gasteiger charge is -2.04. The molecule has 0 bridgehead atoms. The topological polar surface area (TPSA) is 97.1 Å². The van der Waals surface area contributed by atoms with E-state index in [-0.39, 0.29) is 17.6 Å². The van der Waals surface area contributed by atoms with Gasteiger partial charge < -0.3 is 9.73 Å². The molecule has 0 unspecified atom stereocenters. The predicted octanol–water partition coefficient (Wildman–Crippen LogP) is 3.79. The van der Waals surface area contributed by atoms with Gasteiger partial charge in [-0.2, -0.15) is 0 Å². The number of thiazole rings is 1. The van der Waals surface area contributed by atoms with E-state index in [0.29, 0.717) is 16.4 Å². The molecule has 0 spiro atoms. The molecule has 3 aromatic heterocycles. The van der Waals surface area contributed by atoms with E-state index in [1.54, 1.807) is 48.8 Å². The first kappa shape index (κ1) is 16.0. The first-order valence-corrected chi connectivity index (χ1v) is 8.47. The van der Waals surface area contributed by atoms with Crippen molar-refractivity contribution in [3.8, 4) is 0 Å². The Bertz CT molecular complexity index is 1070. The highest BCUT2D eigenvalue weighted by molar-refractivity contribution is 7.22. The first-order chi connectivity index (χ1) is 12.7. The summed E-state index contributed by atoms with van der Waals surface area (Å²) in [4.78, 5) is 32.5. The summed E-state index contributed by atoms with van der Waals surface area (Å²) in [6.07, 6.45) is 4.57. The Hall–Kier alpha value is -3.52. The molecule has 0 saturated heterocycles. The number of amides is 2. The SMILES string of the molecule is O=C(Nc1ccc2nc(NC(=O)c3ccco3)sc2c1)c1ccncc1. The van der Waals surface area contributed by atoms with Crippen LogP contribution in [0.25, 0.3) is 10.2 Å². The van der Waals surface area contributed by atoms with Gasteiger partial charge >= 0.3 is 0 Å². The summed E-state index contributed by atoms with van der Waals surface area (Å²) in [6, 6.07) is 11.9. The molecule has 8 heteroatoms. The third kappa shape index (κ3) is 3.31. The van der Waals surface area contributed by atoms with E-state index in [2.05, 4.69) is 20.6 Å². The van der Waals surface area contributed by atoms with Gasteiger partial charge in [-0.25, -0.2) is 4.98 Å². The second-order valence-electron chi connectivity index (χ2n) is 5.32. The monoisotopic (exact) mass is 364 g/mol. The Balaban J connectivity index is 1.52. The highest BCUT2D eigenvalue weighted by Crippen LogP contribution is 2.29. The molecule has 4 aromatic rings. The molecule has 0 aliphatic carbocycles. The van der Waals surface area contributed by atoms with Gasteiger partial charge in [-0.1, -0.05) is 11.3 Å². The third-order valence-electron chi connectivity index (χ3n) is 3.55. The van der Waals surface area contributed by atoms with Gasteiger partial charge in [-0.3, -0.25) is 19.9 Å². The van der Waals surface area contributed by atoms with E-state index in [1.807, 2.05) is 6.07 Å². The molecule has 0 aliphatic heterocycles. The summed E-state index contributed by atoms with van der Waals surface area (Å²) < 4.78 is 5.90. The van der Waals surface area contributed by atoms with Crippen molar-refractivity contribution in [2.75, 3.05) is 10.6 Å². The molecular weight excluding hydrogens is 352 g/mol. The largest absolute Gasteiger partial charge is 0.459 e. The molecule has 2 amide bonds. The lowest BCUT2D eigenvalue weighted by molar-refractivity contribution is 0.0994. The molecule has 3 heterocycles. The first-order valence-electron chi connectivity index (χ1n) is 7.66. The van der Waals surface area contributed by atoms with Crippen LogP contribution in [0.5, 0.6) is 0 Å². The predicted molar refractivity (Wildman–Crippen MR) is 98.5 cm³/mol. The third-order valence-corrected chi connectivity index (χ3v) is 4.49. The molecule has 7 nitrogen and oxygen atoms in total. The van der Waals surface area contributed by atoms with E-state index in [0.717, 1.165) is 10.2 Å². The van der Waals surface area contributed by atoms with Gasteiger partial charge in [0.2, 0.25) is 0 Å². The fourth-order valence-corrected chi connectivity index (χ4v) is 3.23. The van der Waals surface area contributed by atoms with Crippen LogP contribution >= 0.6 is 11.3 Å². The van der Waals surface area contributed by atoms with Crippen molar-refractivity contribution in [3.05, 3.63) is 72.4 Å². The summed E-state index contributed by atoms with van der Waals surface area (Å²) in [7, 11) is 0. The minimum absolute atomic E-state index is 0.217. The maximum atomic E-state index is 12.2. The highest BCUT2D eigenvalue weighted by atomic mass is 32.1. The van der Waals surface area contributed by atoms with Gasteiger partial charge in [0.05, 0.1) is 16.5 Å². The number of hydrogen-bond acceptors (Lipinski definition) is 6. The van der Waals surface area contributed by atoms with Crippen LogP contribution in [-0.4, -0.2) is 21.8 Å². The Labute approximate surface area is 151 Å². The number of aromatic nitrogens is 2. The number of fused-ring (bicyclic) bond motifs is 1. The zero-order valence-corrected chi connectivity index (χ0v) is 14.1. The van der Waals surface area contributed by atoms with Crippen LogP contribution in [0, 0.1) is 0 Å². The summed E-state index contributed by atoms with van der Waals surface area (Å²) >= 11 is 1.31. The average Bonchev–Trinajstić information content (AvgIpc) is 3.31. The second-order valence-corrected chi connectivity index (χ2v) is 6.35. The number of carbonyl (C=O) groups excluding carboxylic acids is 2. The number of hydrogen-bond donors (Lipinski definition) is 2. The maximum absolute atomic E-state index is 12.2. The molecule has 2 N–H and O–H groups in total. The average molecular weight is 364 g/mol. The van der Waals surface area contributed by atoms with Crippen LogP contribution in [0.1, 0.15) is 20.9 Å². The van der Waals surface area contributed by atoms with Gasteiger partial charge in [-0.05, 0) is 42.5 Å². The summed E-state index contributed by atoms with van der Waals surface area (Å²) in [6.45, 7) is 0. The highest BCUT2D eigenvalue weighted by Gasteiger charge is 2.13. The summed E-state index contributed by atoms with van der Waals surface area (Å²) in [5.74, 6) is -0.363. The van der Waals surface area contributed by atoms with E-state index in [9.17, 15) is 9.59 Å². The van der Waals surface area contributed by atoms with E-state index in [4.69, 9.17) is 4.42 Å². The van der Waals surface area contributed by atoms with Crippen molar-refractivity contribution in [1.82, 2.24) is 9.97 Å². The summed E-state index contributed by atoms with van der Waals surface area (Å²) in [5.41, 5.74) is 1.90. The molecule has 0 atom stereocenters. The minimum atomic E-state index is -0.361. The van der Waals surface area contributed by atoms with Crippen molar-refractivity contribution < 1.29 is 14.0 Å². The smallest absolute Gasteiger partial charge is 0.293 e. The van der Waals surface area contributed by atoms with Crippen LogP contribution in [0.3, 0.4) is 0 Å². The molecular formula is C18H12N4O3S. The number of rotatable bonds is 4. The van der Waals surface area contributed by atoms with Gasteiger partial charge in [0.1, 0.15) is 0 Å². The van der Waals surface area contributed by atoms with E-state index < -0.39 is 0 Å². The lowest BCUT2D eigenvalue weighted by atomic mass is 10.2. The van der Waals surface area contributed by atoms with Gasteiger partial charge in [0.25, 0.3) is 11.8 Å². The van der Waals surface area contributed by atoms with Crippen molar-refractivity contribution in [2.45, 2.75) is 0 Å². The maximum Gasteiger partial charge on any atom is 0.293 e. The number of carbonyl (C=O) groups is 2. The number of pyridine rings is 1. The molecule has 0 aliphatic rings. The van der Waals surface area contributed by atoms with Gasteiger partial charge in [0.15, 0.2) is 10.9 Å². The Morgan fingerprint density at radius 3 is 2.62 bits per heavy atom. The molecule has 0 fully saturated rings. The Morgan fingerprint density at radius 2 is 1.85 bits per heavy atom. The Kier molecular flexibility index (Phi) is 4.16. The van der Waals surface area contributed by atoms with E-state index >= 15 is 0 Å². The standard InChI is InChI=1S/C18H12N4O3S/c23-16(11-5-7-19-8-6-11)20-12-3-4-13-15(10-12)26-18(21-13)22-17(24)14-2-1-9-25-14/h1-10H,(H,20,23)(H,21,22,24). The van der Waals surface area contributed by atoms with Crippen molar-refractivity contribution >= 4 is 44.2 Å². The van der Waals surface area contributed by atoms with Crippen molar-refractivity contribution in [3.63, 3.8) is 0 Å². The number of nitrogens with zero attached hydrogens (tertiary/aromatic N) is 2. The normalized spacial score (nSPS) is 10.6. The van der Waals surface area contributed by atoms with Gasteiger partial charge in [-0.15, -0.1) is 0 Å². The van der Waals surface area contributed by atoms with E-state index in [1.165, 1.54) is 17.6 Å². The lowest BCUT2D eigenvalue weighted by Crippen LogP contribution is -2.11. The number of anilines is 2. The molecule has 0 radical (unpaired) electrons. The fraction of sp³-hybridized carbons (Fsp3) is 0. The number of furan rings is 1. The van der Waals surface area contributed by atoms with Crippen LogP contribution in [0.2, 0.25) is 0 Å². The molecule has 0 saturated carbocycles. The van der Waals surface area contributed by atoms with Crippen LogP contribution in [0.15, 0.2) is 65.5 Å². The molecule has 1 aromatic carbocycles. The van der Waals surface area contributed by atoms with Gasteiger partial charge in [0, 0.05) is 23.6 Å². The zero-order chi connectivity index (χ0) is 17.9. The zero-order valence-electron chi connectivity index (χ0n) is 13.3. The minimum Gasteiger partial charge on any atom is -0.459 e. The summed E-state index contributed by atoms with van der Waals surface area (Å²) in [5, 5.41) is 5.99. The molecule has 128 valence electrons. The molecule has 26 heavy (non-hydrogen) atoms. The van der Waals surface area contributed by atoms with Crippen molar-refractivity contribution in [2.24, 2.45) is 0 Å². The van der Waals surface area contributed by atoms with Crippen molar-refractivity contribution in [1.29, 1.82) is 0 Å². The number of nitrogens with one attached hydrogen (secondary N) is 2. The van der Waals surface area contributed by atoms with Crippen LogP contribution in [-0.2, 0) is 0 Å². The fourth-order valence-electron chi connectivity index (χ4n) is 2.33. The second kappa shape index (κ2) is 6.77. The molecule has 4 rings (SSSR count). The Morgan fingerprint density at radius 1 is 1.00 bits per heavy atom. The number of benzene rings is 1. The van der Waals surface area contributed by atoms with Crippen LogP contribution in [0.4, 0.5) is 10.8 Å². The van der Waals surface area contributed by atoms with Crippen LogP contribution < -0.4 is 10.6 Å².